The van der Waals surface area contributed by atoms with Gasteiger partial charge in [-0.3, -0.25) is 4.79 Å². The Morgan fingerprint density at radius 1 is 1.44 bits per heavy atom. The molecule has 1 aromatic rings. The fourth-order valence-electron chi connectivity index (χ4n) is 2.24. The van der Waals surface area contributed by atoms with Crippen LogP contribution in [-0.4, -0.2) is 25.5 Å². The normalized spacial score (nSPS) is 19.5. The number of carbonyl (C=O) groups is 1. The first-order valence-corrected chi connectivity index (χ1v) is 7.28. The van der Waals surface area contributed by atoms with E-state index in [0.717, 1.165) is 36.8 Å². The van der Waals surface area contributed by atoms with Gasteiger partial charge in [-0.05, 0) is 37.4 Å². The maximum Gasteiger partial charge on any atom is 0.224 e. The number of amides is 1. The van der Waals surface area contributed by atoms with Crippen molar-refractivity contribution in [3.8, 4) is 0 Å². The fraction of sp³-hybridized carbons (Fsp3) is 0.500. The first-order chi connectivity index (χ1) is 8.77. The predicted octanol–water partition coefficient (Wildman–Crippen LogP) is 2.11. The number of hydrogen-bond donors (Lipinski definition) is 2. The molecule has 0 aliphatic carbocycles. The van der Waals surface area contributed by atoms with Crippen LogP contribution in [0.25, 0.3) is 0 Å². The van der Waals surface area contributed by atoms with Crippen molar-refractivity contribution in [1.82, 2.24) is 10.6 Å². The monoisotopic (exact) mass is 310 g/mol. The third kappa shape index (κ3) is 3.82. The lowest BCUT2D eigenvalue weighted by Gasteiger charge is -2.21. The van der Waals surface area contributed by atoms with E-state index in [2.05, 4.69) is 32.6 Å². The van der Waals surface area contributed by atoms with E-state index < -0.39 is 0 Å². The van der Waals surface area contributed by atoms with E-state index in [1.54, 1.807) is 0 Å². The predicted molar refractivity (Wildman–Crippen MR) is 76.4 cm³/mol. The van der Waals surface area contributed by atoms with Gasteiger partial charge in [0.15, 0.2) is 0 Å². The molecule has 4 heteroatoms. The molecule has 1 amide bonds. The lowest BCUT2D eigenvalue weighted by atomic mass is 9.99. The molecule has 2 N–H and O–H groups in total. The Kier molecular flexibility index (Phi) is 5.20. The summed E-state index contributed by atoms with van der Waals surface area (Å²) in [5.74, 6) is 0.340. The SMILES string of the molecule is O=C(NCCc1ccccc1Br)C1CCCNC1. The third-order valence-electron chi connectivity index (χ3n) is 3.32. The van der Waals surface area contributed by atoms with Crippen LogP contribution in [0.4, 0.5) is 0 Å². The minimum Gasteiger partial charge on any atom is -0.355 e. The van der Waals surface area contributed by atoms with Gasteiger partial charge in [0.25, 0.3) is 0 Å². The van der Waals surface area contributed by atoms with Gasteiger partial charge in [-0.15, -0.1) is 0 Å². The Morgan fingerprint density at radius 3 is 3.00 bits per heavy atom. The molecule has 3 nitrogen and oxygen atoms in total. The van der Waals surface area contributed by atoms with E-state index in [0.29, 0.717) is 6.54 Å². The zero-order valence-corrected chi connectivity index (χ0v) is 12.0. The van der Waals surface area contributed by atoms with E-state index >= 15 is 0 Å². The van der Waals surface area contributed by atoms with Crippen LogP contribution in [-0.2, 0) is 11.2 Å². The highest BCUT2D eigenvalue weighted by atomic mass is 79.9. The lowest BCUT2D eigenvalue weighted by Crippen LogP contribution is -2.41. The summed E-state index contributed by atoms with van der Waals surface area (Å²) >= 11 is 3.52. The number of hydrogen-bond acceptors (Lipinski definition) is 2. The molecule has 1 saturated heterocycles. The van der Waals surface area contributed by atoms with Crippen LogP contribution in [0.3, 0.4) is 0 Å². The molecule has 1 aliphatic rings. The highest BCUT2D eigenvalue weighted by molar-refractivity contribution is 9.10. The number of benzene rings is 1. The molecule has 0 radical (unpaired) electrons. The van der Waals surface area contributed by atoms with Crippen molar-refractivity contribution >= 4 is 21.8 Å². The largest absolute Gasteiger partial charge is 0.355 e. The molecule has 0 bridgehead atoms. The zero-order valence-electron chi connectivity index (χ0n) is 10.4. The second kappa shape index (κ2) is 6.90. The first kappa shape index (κ1) is 13.6. The molecule has 1 unspecified atom stereocenters. The van der Waals surface area contributed by atoms with E-state index in [4.69, 9.17) is 0 Å². The fourth-order valence-corrected chi connectivity index (χ4v) is 2.72. The summed E-state index contributed by atoms with van der Waals surface area (Å²) in [6.07, 6.45) is 2.98. The van der Waals surface area contributed by atoms with Crippen LogP contribution in [0.2, 0.25) is 0 Å². The van der Waals surface area contributed by atoms with Crippen molar-refractivity contribution in [3.63, 3.8) is 0 Å². The maximum absolute atomic E-state index is 11.9. The topological polar surface area (TPSA) is 41.1 Å². The van der Waals surface area contributed by atoms with Crippen molar-refractivity contribution in [1.29, 1.82) is 0 Å². The van der Waals surface area contributed by atoms with E-state index in [1.165, 1.54) is 5.56 Å². The lowest BCUT2D eigenvalue weighted by molar-refractivity contribution is -0.125. The molecule has 18 heavy (non-hydrogen) atoms. The summed E-state index contributed by atoms with van der Waals surface area (Å²) in [4.78, 5) is 11.9. The minimum atomic E-state index is 0.151. The van der Waals surface area contributed by atoms with Crippen LogP contribution in [0, 0.1) is 5.92 Å². The second-order valence-electron chi connectivity index (χ2n) is 4.68. The summed E-state index contributed by atoms with van der Waals surface area (Å²) in [7, 11) is 0. The van der Waals surface area contributed by atoms with E-state index in [9.17, 15) is 4.79 Å². The maximum atomic E-state index is 11.9. The van der Waals surface area contributed by atoms with Crippen LogP contribution in [0.1, 0.15) is 18.4 Å². The van der Waals surface area contributed by atoms with E-state index in [1.807, 2.05) is 18.2 Å². The van der Waals surface area contributed by atoms with Gasteiger partial charge in [0.1, 0.15) is 0 Å². The van der Waals surface area contributed by atoms with E-state index in [-0.39, 0.29) is 11.8 Å². The van der Waals surface area contributed by atoms with Crippen molar-refractivity contribution < 1.29 is 4.79 Å². The molecule has 0 spiro atoms. The highest BCUT2D eigenvalue weighted by Gasteiger charge is 2.20. The van der Waals surface area contributed by atoms with Crippen LogP contribution >= 0.6 is 15.9 Å². The van der Waals surface area contributed by atoms with Gasteiger partial charge in [0.05, 0.1) is 5.92 Å². The third-order valence-corrected chi connectivity index (χ3v) is 4.09. The molecule has 0 saturated carbocycles. The Labute approximate surface area is 116 Å². The summed E-state index contributed by atoms with van der Waals surface area (Å²) < 4.78 is 1.11. The average Bonchev–Trinajstić information content (AvgIpc) is 2.42. The highest BCUT2D eigenvalue weighted by Crippen LogP contribution is 2.16. The summed E-state index contributed by atoms with van der Waals surface area (Å²) in [6, 6.07) is 8.13. The molecule has 1 aliphatic heterocycles. The van der Waals surface area contributed by atoms with Gasteiger partial charge in [0.2, 0.25) is 5.91 Å². The van der Waals surface area contributed by atoms with Gasteiger partial charge >= 0.3 is 0 Å². The molecular formula is C14H19BrN2O. The quantitative estimate of drug-likeness (QED) is 0.894. The Bertz CT molecular complexity index is 403. The first-order valence-electron chi connectivity index (χ1n) is 6.49. The molecule has 2 rings (SSSR count). The summed E-state index contributed by atoms with van der Waals surface area (Å²) in [5.41, 5.74) is 1.24. The van der Waals surface area contributed by atoms with Crippen LogP contribution in [0.15, 0.2) is 28.7 Å². The molecule has 1 fully saturated rings. The second-order valence-corrected chi connectivity index (χ2v) is 5.53. The van der Waals surface area contributed by atoms with Crippen molar-refractivity contribution in [2.75, 3.05) is 19.6 Å². The number of carbonyl (C=O) groups excluding carboxylic acids is 1. The molecule has 0 aromatic heterocycles. The number of halogens is 1. The zero-order chi connectivity index (χ0) is 12.8. The molecule has 1 aromatic carbocycles. The van der Waals surface area contributed by atoms with Crippen LogP contribution < -0.4 is 10.6 Å². The Hall–Kier alpha value is -0.870. The Balaban J connectivity index is 1.75. The molecular weight excluding hydrogens is 292 g/mol. The average molecular weight is 311 g/mol. The summed E-state index contributed by atoms with van der Waals surface area (Å²) in [5, 5.41) is 6.29. The number of nitrogens with one attached hydrogen (secondary N) is 2. The molecule has 1 atom stereocenters. The Morgan fingerprint density at radius 2 is 2.28 bits per heavy atom. The van der Waals surface area contributed by atoms with Gasteiger partial charge in [0, 0.05) is 17.6 Å². The van der Waals surface area contributed by atoms with Gasteiger partial charge in [-0.25, -0.2) is 0 Å². The summed E-state index contributed by atoms with van der Waals surface area (Å²) in [6.45, 7) is 2.57. The van der Waals surface area contributed by atoms with Crippen molar-refractivity contribution in [2.45, 2.75) is 19.3 Å². The standard InChI is InChI=1S/C14H19BrN2O/c15-13-6-2-1-4-11(13)7-9-17-14(18)12-5-3-8-16-10-12/h1-2,4,6,12,16H,3,5,7-10H2,(H,17,18). The number of piperidine rings is 1. The van der Waals surface area contributed by atoms with Crippen molar-refractivity contribution in [3.05, 3.63) is 34.3 Å². The minimum absolute atomic E-state index is 0.151. The van der Waals surface area contributed by atoms with Gasteiger partial charge < -0.3 is 10.6 Å². The number of rotatable bonds is 4. The smallest absolute Gasteiger partial charge is 0.224 e. The molecule has 1 heterocycles. The van der Waals surface area contributed by atoms with Gasteiger partial charge in [-0.1, -0.05) is 34.1 Å². The van der Waals surface area contributed by atoms with Crippen molar-refractivity contribution in [2.24, 2.45) is 5.92 Å². The molecule has 98 valence electrons. The van der Waals surface area contributed by atoms with Gasteiger partial charge in [-0.2, -0.15) is 0 Å². The van der Waals surface area contributed by atoms with Crippen LogP contribution in [0.5, 0.6) is 0 Å².